The highest BCUT2D eigenvalue weighted by molar-refractivity contribution is 5.91. The Balaban J connectivity index is 3.05. The molecule has 0 saturated carbocycles. The zero-order chi connectivity index (χ0) is 11.3. The van der Waals surface area contributed by atoms with Gasteiger partial charge in [-0.2, -0.15) is 0 Å². The van der Waals surface area contributed by atoms with Gasteiger partial charge in [-0.05, 0) is 18.6 Å². The molecule has 0 unspecified atom stereocenters. The maximum absolute atomic E-state index is 11.1. The molecule has 0 bridgehead atoms. The summed E-state index contributed by atoms with van der Waals surface area (Å²) in [5.74, 6) is 0.383. The van der Waals surface area contributed by atoms with Gasteiger partial charge in [0.1, 0.15) is 5.75 Å². The van der Waals surface area contributed by atoms with Crippen molar-refractivity contribution in [1.29, 1.82) is 0 Å². The Labute approximate surface area is 89.3 Å². The van der Waals surface area contributed by atoms with Crippen LogP contribution in [-0.4, -0.2) is 20.2 Å². The molecule has 3 heteroatoms. The van der Waals surface area contributed by atoms with Gasteiger partial charge in [-0.3, -0.25) is 0 Å². The number of rotatable bonds is 3. The van der Waals surface area contributed by atoms with Crippen LogP contribution in [0, 0.1) is 0 Å². The third-order valence-corrected chi connectivity index (χ3v) is 2.07. The van der Waals surface area contributed by atoms with E-state index in [4.69, 9.17) is 4.74 Å². The van der Waals surface area contributed by atoms with E-state index in [1.165, 1.54) is 13.2 Å². The maximum atomic E-state index is 11.1. The minimum absolute atomic E-state index is 0.363. The normalized spacial score (nSPS) is 11.0. The van der Waals surface area contributed by atoms with Gasteiger partial charge in [-0.15, -0.1) is 0 Å². The molecule has 0 aliphatic heterocycles. The van der Waals surface area contributed by atoms with Crippen LogP contribution in [0.5, 0.6) is 5.75 Å². The molecule has 0 heterocycles. The predicted octanol–water partition coefficient (Wildman–Crippen LogP) is 2.27. The zero-order valence-corrected chi connectivity index (χ0v) is 9.11. The van der Waals surface area contributed by atoms with E-state index in [0.717, 1.165) is 16.9 Å². The average molecular weight is 206 g/mol. The summed E-state index contributed by atoms with van der Waals surface area (Å²) < 4.78 is 9.75. The lowest BCUT2D eigenvalue weighted by molar-refractivity contribution is -0.134. The number of hydrogen-bond acceptors (Lipinski definition) is 3. The van der Waals surface area contributed by atoms with Crippen LogP contribution >= 0.6 is 0 Å². The molecule has 0 amide bonds. The van der Waals surface area contributed by atoms with Crippen LogP contribution < -0.4 is 4.74 Å². The lowest BCUT2D eigenvalue weighted by Crippen LogP contribution is -1.97. The number of benzene rings is 1. The van der Waals surface area contributed by atoms with Gasteiger partial charge in [-0.1, -0.05) is 18.2 Å². The Morgan fingerprint density at radius 1 is 1.27 bits per heavy atom. The summed E-state index contributed by atoms with van der Waals surface area (Å²) >= 11 is 0. The van der Waals surface area contributed by atoms with Gasteiger partial charge in [0, 0.05) is 11.6 Å². The van der Waals surface area contributed by atoms with Crippen molar-refractivity contribution in [2.45, 2.75) is 6.92 Å². The van der Waals surface area contributed by atoms with Gasteiger partial charge in [0.2, 0.25) is 0 Å². The first-order chi connectivity index (χ1) is 7.19. The van der Waals surface area contributed by atoms with Crippen molar-refractivity contribution in [2.75, 3.05) is 14.2 Å². The topological polar surface area (TPSA) is 35.5 Å². The molecule has 0 N–H and O–H groups in total. The Bertz CT molecular complexity index is 380. The predicted molar refractivity (Wildman–Crippen MR) is 58.7 cm³/mol. The quantitative estimate of drug-likeness (QED) is 0.562. The van der Waals surface area contributed by atoms with E-state index in [9.17, 15) is 4.79 Å². The van der Waals surface area contributed by atoms with Gasteiger partial charge in [-0.25, -0.2) is 4.79 Å². The number of esters is 1. The largest absolute Gasteiger partial charge is 0.496 e. The number of hydrogen-bond donors (Lipinski definition) is 0. The molecule has 1 rings (SSSR count). The monoisotopic (exact) mass is 206 g/mol. The molecular formula is C12H14O3. The number of ether oxygens (including phenoxy) is 2. The van der Waals surface area contributed by atoms with Crippen molar-refractivity contribution in [3.8, 4) is 5.75 Å². The zero-order valence-electron chi connectivity index (χ0n) is 9.11. The highest BCUT2D eigenvalue weighted by atomic mass is 16.5. The summed E-state index contributed by atoms with van der Waals surface area (Å²) in [5.41, 5.74) is 1.71. The molecule has 0 saturated heterocycles. The minimum atomic E-state index is -0.363. The number of para-hydroxylation sites is 1. The first-order valence-electron chi connectivity index (χ1n) is 4.58. The van der Waals surface area contributed by atoms with E-state index in [-0.39, 0.29) is 5.97 Å². The van der Waals surface area contributed by atoms with E-state index in [1.807, 2.05) is 31.2 Å². The number of carbonyl (C=O) groups excluding carboxylic acids is 1. The first-order valence-corrected chi connectivity index (χ1v) is 4.58. The second kappa shape index (κ2) is 5.20. The Morgan fingerprint density at radius 3 is 2.53 bits per heavy atom. The summed E-state index contributed by atoms with van der Waals surface area (Å²) in [7, 11) is 2.96. The van der Waals surface area contributed by atoms with Crippen LogP contribution in [0.25, 0.3) is 5.57 Å². The summed E-state index contributed by atoms with van der Waals surface area (Å²) in [5, 5.41) is 0. The highest BCUT2D eigenvalue weighted by Gasteiger charge is 2.05. The van der Waals surface area contributed by atoms with Crippen LogP contribution in [0.1, 0.15) is 12.5 Å². The summed E-state index contributed by atoms with van der Waals surface area (Å²) in [6, 6.07) is 7.53. The van der Waals surface area contributed by atoms with E-state index >= 15 is 0 Å². The average Bonchev–Trinajstić information content (AvgIpc) is 2.28. The molecule has 3 nitrogen and oxygen atoms in total. The van der Waals surface area contributed by atoms with Gasteiger partial charge in [0.15, 0.2) is 0 Å². The van der Waals surface area contributed by atoms with Crippen LogP contribution in [0.3, 0.4) is 0 Å². The Hall–Kier alpha value is -1.77. The SMILES string of the molecule is COC(=O)C=C(C)c1ccccc1OC. The molecule has 0 aliphatic rings. The molecule has 1 aromatic rings. The fraction of sp³-hybridized carbons (Fsp3) is 0.250. The van der Waals surface area contributed by atoms with Crippen LogP contribution in [0.2, 0.25) is 0 Å². The van der Waals surface area contributed by atoms with E-state index in [0.29, 0.717) is 0 Å². The number of methoxy groups -OCH3 is 2. The molecular weight excluding hydrogens is 192 g/mol. The third kappa shape index (κ3) is 2.84. The van der Waals surface area contributed by atoms with Crippen molar-refractivity contribution in [3.63, 3.8) is 0 Å². The molecule has 1 aromatic carbocycles. The molecule has 80 valence electrons. The molecule has 0 radical (unpaired) electrons. The third-order valence-electron chi connectivity index (χ3n) is 2.07. The van der Waals surface area contributed by atoms with Gasteiger partial charge in [0.05, 0.1) is 14.2 Å². The molecule has 0 aliphatic carbocycles. The standard InChI is InChI=1S/C12H14O3/c1-9(8-12(13)15-3)10-6-4-5-7-11(10)14-2/h4-8H,1-3H3. The minimum Gasteiger partial charge on any atom is -0.496 e. The lowest BCUT2D eigenvalue weighted by atomic mass is 10.1. The summed E-state index contributed by atoms with van der Waals surface area (Å²) in [6.07, 6.45) is 1.44. The Kier molecular flexibility index (Phi) is 3.92. The van der Waals surface area contributed by atoms with Crippen LogP contribution in [0.4, 0.5) is 0 Å². The number of allylic oxidation sites excluding steroid dienone is 1. The molecule has 0 aromatic heterocycles. The van der Waals surface area contributed by atoms with Gasteiger partial charge < -0.3 is 9.47 Å². The fourth-order valence-corrected chi connectivity index (χ4v) is 1.28. The van der Waals surface area contributed by atoms with Crippen molar-refractivity contribution < 1.29 is 14.3 Å². The van der Waals surface area contributed by atoms with Crippen molar-refractivity contribution in [1.82, 2.24) is 0 Å². The second-order valence-corrected chi connectivity index (χ2v) is 3.05. The van der Waals surface area contributed by atoms with Crippen LogP contribution in [-0.2, 0) is 9.53 Å². The fourth-order valence-electron chi connectivity index (χ4n) is 1.28. The van der Waals surface area contributed by atoms with Crippen molar-refractivity contribution in [2.24, 2.45) is 0 Å². The molecule has 15 heavy (non-hydrogen) atoms. The smallest absolute Gasteiger partial charge is 0.330 e. The number of carbonyl (C=O) groups is 1. The van der Waals surface area contributed by atoms with Gasteiger partial charge in [0.25, 0.3) is 0 Å². The molecule has 0 atom stereocenters. The Morgan fingerprint density at radius 2 is 1.93 bits per heavy atom. The van der Waals surface area contributed by atoms with E-state index < -0.39 is 0 Å². The molecule has 0 spiro atoms. The maximum Gasteiger partial charge on any atom is 0.330 e. The summed E-state index contributed by atoms with van der Waals surface area (Å²) in [6.45, 7) is 1.84. The highest BCUT2D eigenvalue weighted by Crippen LogP contribution is 2.24. The molecule has 0 fully saturated rings. The van der Waals surface area contributed by atoms with Crippen molar-refractivity contribution in [3.05, 3.63) is 35.9 Å². The first kappa shape index (κ1) is 11.3. The van der Waals surface area contributed by atoms with Gasteiger partial charge >= 0.3 is 5.97 Å². The van der Waals surface area contributed by atoms with Crippen LogP contribution in [0.15, 0.2) is 30.3 Å². The van der Waals surface area contributed by atoms with E-state index in [2.05, 4.69) is 4.74 Å². The lowest BCUT2D eigenvalue weighted by Gasteiger charge is -2.07. The van der Waals surface area contributed by atoms with Crippen molar-refractivity contribution >= 4 is 11.5 Å². The van der Waals surface area contributed by atoms with E-state index in [1.54, 1.807) is 7.11 Å². The second-order valence-electron chi connectivity index (χ2n) is 3.05. The summed E-state index contributed by atoms with van der Waals surface area (Å²) in [4.78, 5) is 11.1.